The maximum Gasteiger partial charge on any atom is 0.259 e. The van der Waals surface area contributed by atoms with Gasteiger partial charge in [-0.25, -0.2) is 4.98 Å². The maximum absolute atomic E-state index is 12.6. The van der Waals surface area contributed by atoms with Gasteiger partial charge in [-0.1, -0.05) is 6.92 Å². The second-order valence-electron chi connectivity index (χ2n) is 5.02. The fraction of sp³-hybridized carbons (Fsp3) is 0.600. The molecule has 1 amide bonds. The molecule has 2 atom stereocenters. The van der Waals surface area contributed by atoms with Crippen LogP contribution in [0, 0.1) is 0 Å². The first-order valence-corrected chi connectivity index (χ1v) is 8.10. The summed E-state index contributed by atoms with van der Waals surface area (Å²) in [5, 5.41) is 0.691. The van der Waals surface area contributed by atoms with Gasteiger partial charge in [-0.2, -0.15) is 11.8 Å². The second kappa shape index (κ2) is 6.97. The van der Waals surface area contributed by atoms with Crippen LogP contribution in [0.1, 0.15) is 36.5 Å². The predicted molar refractivity (Wildman–Crippen MR) is 82.4 cm³/mol. The molecule has 1 aromatic rings. The van der Waals surface area contributed by atoms with Crippen LogP contribution < -0.4 is 4.74 Å². The highest BCUT2D eigenvalue weighted by atomic mass is 32.2. The molecule has 0 unspecified atom stereocenters. The van der Waals surface area contributed by atoms with Gasteiger partial charge in [0.25, 0.3) is 5.91 Å². The summed E-state index contributed by atoms with van der Waals surface area (Å²) in [5.41, 5.74) is 0.545. The number of hydrogen-bond donors (Lipinski definition) is 0. The predicted octanol–water partition coefficient (Wildman–Crippen LogP) is 2.84. The lowest BCUT2D eigenvalue weighted by molar-refractivity contribution is 0.0731. The third kappa shape index (κ3) is 3.26. The second-order valence-corrected chi connectivity index (χ2v) is 6.60. The molecule has 4 nitrogen and oxygen atoms in total. The van der Waals surface area contributed by atoms with Gasteiger partial charge in [0.2, 0.25) is 5.88 Å². The quantitative estimate of drug-likeness (QED) is 0.837. The zero-order chi connectivity index (χ0) is 14.5. The highest BCUT2D eigenvalue weighted by Crippen LogP contribution is 2.33. The fourth-order valence-electron chi connectivity index (χ4n) is 2.73. The summed E-state index contributed by atoms with van der Waals surface area (Å²) in [7, 11) is 3.43. The molecule has 20 heavy (non-hydrogen) atoms. The number of carbonyl (C=O) groups is 1. The largest absolute Gasteiger partial charge is 0.480 e. The zero-order valence-corrected chi connectivity index (χ0v) is 13.2. The highest BCUT2D eigenvalue weighted by Gasteiger charge is 2.31. The smallest absolute Gasteiger partial charge is 0.259 e. The van der Waals surface area contributed by atoms with E-state index in [1.54, 1.807) is 25.4 Å². The van der Waals surface area contributed by atoms with Crippen LogP contribution in [0.15, 0.2) is 18.3 Å². The number of nitrogens with zero attached hydrogens (tertiary/aromatic N) is 2. The summed E-state index contributed by atoms with van der Waals surface area (Å²) >= 11 is 2.00. The number of hydrogen-bond acceptors (Lipinski definition) is 4. The van der Waals surface area contributed by atoms with Crippen molar-refractivity contribution in [1.29, 1.82) is 0 Å². The van der Waals surface area contributed by atoms with E-state index in [4.69, 9.17) is 4.74 Å². The SMILES string of the molecule is CCS[C@@H]1CC[C@@H](N(C)C(=O)c2cccnc2OC)C1. The summed E-state index contributed by atoms with van der Waals surface area (Å²) in [5.74, 6) is 1.55. The van der Waals surface area contributed by atoms with Gasteiger partial charge in [0, 0.05) is 24.5 Å². The summed E-state index contributed by atoms with van der Waals surface area (Å²) < 4.78 is 5.18. The van der Waals surface area contributed by atoms with Gasteiger partial charge in [-0.3, -0.25) is 4.79 Å². The van der Waals surface area contributed by atoms with Crippen LogP contribution in [0.4, 0.5) is 0 Å². The van der Waals surface area contributed by atoms with Crippen molar-refractivity contribution in [3.05, 3.63) is 23.9 Å². The van der Waals surface area contributed by atoms with Crippen LogP contribution in [0.5, 0.6) is 5.88 Å². The normalized spacial score (nSPS) is 21.8. The monoisotopic (exact) mass is 294 g/mol. The first-order valence-electron chi connectivity index (χ1n) is 7.05. The Morgan fingerprint density at radius 3 is 3.05 bits per heavy atom. The topological polar surface area (TPSA) is 42.4 Å². The third-order valence-corrected chi connectivity index (χ3v) is 5.06. The molecule has 1 aromatic heterocycles. The van der Waals surface area contributed by atoms with Crippen LogP contribution in [-0.4, -0.2) is 47.0 Å². The number of methoxy groups -OCH3 is 1. The standard InChI is InChI=1S/C15H22N2O2S/c1-4-20-12-8-7-11(10-12)17(2)15(18)13-6-5-9-16-14(13)19-3/h5-6,9,11-12H,4,7-8,10H2,1-3H3/t11-,12-/m1/s1. The minimum absolute atomic E-state index is 0.00194. The van der Waals surface area contributed by atoms with Gasteiger partial charge in [0.05, 0.1) is 7.11 Å². The molecule has 1 aliphatic carbocycles. The van der Waals surface area contributed by atoms with Crippen LogP contribution in [0.2, 0.25) is 0 Å². The van der Waals surface area contributed by atoms with Crippen molar-refractivity contribution < 1.29 is 9.53 Å². The van der Waals surface area contributed by atoms with Crippen molar-refractivity contribution in [2.24, 2.45) is 0 Å². The molecular formula is C15H22N2O2S. The number of thioether (sulfide) groups is 1. The van der Waals surface area contributed by atoms with Crippen LogP contribution in [-0.2, 0) is 0 Å². The van der Waals surface area contributed by atoms with Gasteiger partial charge in [-0.15, -0.1) is 0 Å². The van der Waals surface area contributed by atoms with E-state index in [1.807, 2.05) is 23.7 Å². The van der Waals surface area contributed by atoms with Gasteiger partial charge in [-0.05, 0) is 37.1 Å². The Balaban J connectivity index is 2.06. The molecule has 1 fully saturated rings. The van der Waals surface area contributed by atoms with Crippen molar-refractivity contribution in [1.82, 2.24) is 9.88 Å². The van der Waals surface area contributed by atoms with Gasteiger partial charge in [0.1, 0.15) is 5.56 Å². The molecule has 2 rings (SSSR count). The van der Waals surface area contributed by atoms with E-state index in [9.17, 15) is 4.79 Å². The van der Waals surface area contributed by atoms with Crippen LogP contribution in [0.3, 0.4) is 0 Å². The Hall–Kier alpha value is -1.23. The Morgan fingerprint density at radius 2 is 2.35 bits per heavy atom. The first-order chi connectivity index (χ1) is 9.67. The average molecular weight is 294 g/mol. The van der Waals surface area contributed by atoms with E-state index in [1.165, 1.54) is 6.42 Å². The van der Waals surface area contributed by atoms with Gasteiger partial charge in [0.15, 0.2) is 0 Å². The number of aromatic nitrogens is 1. The van der Waals surface area contributed by atoms with E-state index in [0.717, 1.165) is 18.6 Å². The average Bonchev–Trinajstić information content (AvgIpc) is 2.94. The minimum Gasteiger partial charge on any atom is -0.480 e. The molecule has 0 bridgehead atoms. The van der Waals surface area contributed by atoms with Crippen molar-refractivity contribution >= 4 is 17.7 Å². The molecule has 0 spiro atoms. The molecule has 0 N–H and O–H groups in total. The van der Waals surface area contributed by atoms with Crippen molar-refractivity contribution in [3.8, 4) is 5.88 Å². The molecule has 0 aliphatic heterocycles. The van der Waals surface area contributed by atoms with Crippen LogP contribution >= 0.6 is 11.8 Å². The summed E-state index contributed by atoms with van der Waals surface area (Å²) in [6.45, 7) is 2.19. The number of carbonyl (C=O) groups excluding carboxylic acids is 1. The van der Waals surface area contributed by atoms with Gasteiger partial charge >= 0.3 is 0 Å². The van der Waals surface area contributed by atoms with Crippen molar-refractivity contribution in [2.75, 3.05) is 19.9 Å². The lowest BCUT2D eigenvalue weighted by Crippen LogP contribution is -2.35. The maximum atomic E-state index is 12.6. The molecule has 1 saturated carbocycles. The fourth-order valence-corrected chi connectivity index (χ4v) is 3.86. The molecule has 5 heteroatoms. The summed E-state index contributed by atoms with van der Waals surface area (Å²) in [6.07, 6.45) is 5.01. The molecule has 110 valence electrons. The molecular weight excluding hydrogens is 272 g/mol. The van der Waals surface area contributed by atoms with Gasteiger partial charge < -0.3 is 9.64 Å². The zero-order valence-electron chi connectivity index (χ0n) is 12.3. The van der Waals surface area contributed by atoms with Crippen molar-refractivity contribution in [3.63, 3.8) is 0 Å². The Labute approximate surface area is 124 Å². The Kier molecular flexibility index (Phi) is 5.29. The number of ether oxygens (including phenoxy) is 1. The Bertz CT molecular complexity index is 467. The van der Waals surface area contributed by atoms with E-state index >= 15 is 0 Å². The lowest BCUT2D eigenvalue weighted by Gasteiger charge is -2.25. The van der Waals surface area contributed by atoms with E-state index < -0.39 is 0 Å². The summed E-state index contributed by atoms with van der Waals surface area (Å²) in [6, 6.07) is 3.88. The van der Waals surface area contributed by atoms with E-state index in [0.29, 0.717) is 22.7 Å². The minimum atomic E-state index is 0.00194. The Morgan fingerprint density at radius 1 is 1.55 bits per heavy atom. The molecule has 1 aliphatic rings. The molecule has 0 aromatic carbocycles. The number of pyridine rings is 1. The van der Waals surface area contributed by atoms with E-state index in [2.05, 4.69) is 11.9 Å². The highest BCUT2D eigenvalue weighted by molar-refractivity contribution is 7.99. The lowest BCUT2D eigenvalue weighted by atomic mass is 10.1. The van der Waals surface area contributed by atoms with Crippen molar-refractivity contribution in [2.45, 2.75) is 37.5 Å². The molecule has 1 heterocycles. The van der Waals surface area contributed by atoms with Crippen LogP contribution in [0.25, 0.3) is 0 Å². The number of amides is 1. The molecule has 0 saturated heterocycles. The first kappa shape index (κ1) is 15.2. The number of rotatable bonds is 5. The summed E-state index contributed by atoms with van der Waals surface area (Å²) in [4.78, 5) is 18.5. The third-order valence-electron chi connectivity index (χ3n) is 3.82. The van der Waals surface area contributed by atoms with E-state index in [-0.39, 0.29) is 5.91 Å². The molecule has 0 radical (unpaired) electrons.